The number of ether oxygens (including phenoxy) is 2. The average Bonchev–Trinajstić information content (AvgIpc) is 2.31. The van der Waals surface area contributed by atoms with E-state index in [9.17, 15) is 23.2 Å². The van der Waals surface area contributed by atoms with Gasteiger partial charge in [0.25, 0.3) is 0 Å². The van der Waals surface area contributed by atoms with E-state index in [2.05, 4.69) is 0 Å². The second-order valence-electron chi connectivity index (χ2n) is 4.99. The summed E-state index contributed by atoms with van der Waals surface area (Å²) in [7, 11) is -2.84. The molecule has 0 heterocycles. The van der Waals surface area contributed by atoms with E-state index in [0.29, 0.717) is 6.42 Å². The Hall–Kier alpha value is 0.750. The first-order valence-electron chi connectivity index (χ1n) is 6.16. The van der Waals surface area contributed by atoms with Gasteiger partial charge in [-0.15, -0.1) is 0 Å². The van der Waals surface area contributed by atoms with Crippen molar-refractivity contribution in [3.63, 3.8) is 0 Å². The first kappa shape index (κ1) is 20.8. The molecule has 2 unspecified atom stereocenters. The maximum absolute atomic E-state index is 10.4. The first-order chi connectivity index (χ1) is 8.76. The molecule has 1 aliphatic carbocycles. The fourth-order valence-corrected chi connectivity index (χ4v) is 2.77. The maximum Gasteiger partial charge on any atom is 1.00 e. The van der Waals surface area contributed by atoms with E-state index in [1.807, 2.05) is 6.92 Å². The Morgan fingerprint density at radius 3 is 2.40 bits per heavy atom. The summed E-state index contributed by atoms with van der Waals surface area (Å²) in [6, 6.07) is 0. The molecule has 1 fully saturated rings. The molecule has 9 heteroatoms. The second kappa shape index (κ2) is 9.02. The van der Waals surface area contributed by atoms with Crippen LogP contribution in [-0.2, 0) is 19.6 Å². The molecule has 0 radical (unpaired) electrons. The first-order valence-corrected chi connectivity index (χ1v) is 7.74. The summed E-state index contributed by atoms with van der Waals surface area (Å²) in [6.07, 6.45) is -1.80. The minimum Gasteiger partial charge on any atom is -0.748 e. The van der Waals surface area contributed by atoms with Crippen molar-refractivity contribution in [2.24, 2.45) is 11.8 Å². The minimum absolute atomic E-state index is 0. The number of methoxy groups -OCH3 is 1. The molecular formula is C11H21NaO7S. The van der Waals surface area contributed by atoms with Gasteiger partial charge in [0.1, 0.15) is 6.10 Å². The molecule has 0 amide bonds. The zero-order valence-corrected chi connectivity index (χ0v) is 14.9. The van der Waals surface area contributed by atoms with E-state index >= 15 is 0 Å². The smallest absolute Gasteiger partial charge is 0.748 e. The summed E-state index contributed by atoms with van der Waals surface area (Å²) in [5.41, 5.74) is 0. The number of aliphatic hydroxyl groups is 2. The van der Waals surface area contributed by atoms with Gasteiger partial charge in [0.2, 0.25) is 0 Å². The average molecular weight is 320 g/mol. The van der Waals surface area contributed by atoms with E-state index in [1.54, 1.807) is 0 Å². The van der Waals surface area contributed by atoms with E-state index in [-0.39, 0.29) is 54.6 Å². The number of rotatable bonds is 6. The predicted octanol–water partition coefficient (Wildman–Crippen LogP) is -4.05. The van der Waals surface area contributed by atoms with Gasteiger partial charge in [-0.2, -0.15) is 0 Å². The molecule has 1 aliphatic rings. The van der Waals surface area contributed by atoms with Crippen molar-refractivity contribution in [1.82, 2.24) is 0 Å². The molecule has 0 spiro atoms. The zero-order valence-electron chi connectivity index (χ0n) is 12.1. The Morgan fingerprint density at radius 2 is 1.90 bits per heavy atom. The molecule has 2 N–H and O–H groups in total. The number of hydrogen-bond acceptors (Lipinski definition) is 7. The van der Waals surface area contributed by atoms with Crippen LogP contribution in [0.4, 0.5) is 0 Å². The molecule has 0 aliphatic heterocycles. The largest absolute Gasteiger partial charge is 1.00 e. The molecule has 1 rings (SSSR count). The Morgan fingerprint density at radius 1 is 1.30 bits per heavy atom. The van der Waals surface area contributed by atoms with Gasteiger partial charge in [-0.05, 0) is 12.3 Å². The van der Waals surface area contributed by atoms with Crippen molar-refractivity contribution >= 4 is 10.1 Å². The molecule has 0 aromatic carbocycles. The third kappa shape index (κ3) is 6.25. The third-order valence-electron chi connectivity index (χ3n) is 3.49. The molecule has 0 saturated heterocycles. The molecule has 5 atom stereocenters. The summed E-state index contributed by atoms with van der Waals surface area (Å²) in [6.45, 7) is 1.82. The summed E-state index contributed by atoms with van der Waals surface area (Å²) >= 11 is 0. The van der Waals surface area contributed by atoms with E-state index in [1.165, 1.54) is 7.11 Å². The summed E-state index contributed by atoms with van der Waals surface area (Å²) in [4.78, 5) is 0. The van der Waals surface area contributed by atoms with Crippen molar-refractivity contribution in [2.45, 2.75) is 31.7 Å². The molecular weight excluding hydrogens is 299 g/mol. The van der Waals surface area contributed by atoms with Crippen LogP contribution in [0.25, 0.3) is 0 Å². The van der Waals surface area contributed by atoms with Crippen LogP contribution in [0.1, 0.15) is 13.3 Å². The Balaban J connectivity index is 0.00000361. The molecule has 0 aromatic rings. The summed E-state index contributed by atoms with van der Waals surface area (Å²) in [5, 5.41) is 19.6. The molecule has 1 saturated carbocycles. The number of hydrogen-bond donors (Lipinski definition) is 2. The zero-order chi connectivity index (χ0) is 14.6. The normalized spacial score (nSPS) is 34.5. The van der Waals surface area contributed by atoms with Gasteiger partial charge in [-0.1, -0.05) is 6.92 Å². The third-order valence-corrected chi connectivity index (χ3v) is 4.16. The van der Waals surface area contributed by atoms with Crippen molar-refractivity contribution in [1.29, 1.82) is 0 Å². The fraction of sp³-hybridized carbons (Fsp3) is 1.00. The van der Waals surface area contributed by atoms with Gasteiger partial charge >= 0.3 is 29.6 Å². The van der Waals surface area contributed by atoms with Crippen LogP contribution in [0.5, 0.6) is 0 Å². The van der Waals surface area contributed by atoms with Crippen LogP contribution in [0.2, 0.25) is 0 Å². The van der Waals surface area contributed by atoms with Crippen molar-refractivity contribution < 1.29 is 62.2 Å². The summed E-state index contributed by atoms with van der Waals surface area (Å²) < 4.78 is 41.6. The van der Waals surface area contributed by atoms with Gasteiger partial charge in [-0.3, -0.25) is 0 Å². The van der Waals surface area contributed by atoms with Crippen LogP contribution in [-0.4, -0.2) is 67.6 Å². The Labute approximate surface area is 141 Å². The van der Waals surface area contributed by atoms with Crippen LogP contribution < -0.4 is 29.6 Å². The van der Waals surface area contributed by atoms with Crippen molar-refractivity contribution in [3.05, 3.63) is 0 Å². The second-order valence-corrected chi connectivity index (χ2v) is 6.51. The van der Waals surface area contributed by atoms with Crippen LogP contribution in [0.3, 0.4) is 0 Å². The van der Waals surface area contributed by atoms with Crippen LogP contribution >= 0.6 is 0 Å². The van der Waals surface area contributed by atoms with Gasteiger partial charge < -0.3 is 24.2 Å². The van der Waals surface area contributed by atoms with E-state index in [0.717, 1.165) is 0 Å². The maximum atomic E-state index is 10.4. The van der Waals surface area contributed by atoms with E-state index in [4.69, 9.17) is 9.47 Å². The molecule has 20 heavy (non-hydrogen) atoms. The number of aliphatic hydroxyl groups excluding tert-OH is 2. The van der Waals surface area contributed by atoms with E-state index < -0.39 is 34.2 Å². The fourth-order valence-electron chi connectivity index (χ4n) is 2.45. The monoisotopic (exact) mass is 320 g/mol. The quantitative estimate of drug-likeness (QED) is 0.291. The molecule has 7 nitrogen and oxygen atoms in total. The van der Waals surface area contributed by atoms with Crippen molar-refractivity contribution in [3.8, 4) is 0 Å². The Kier molecular flexibility index (Phi) is 9.35. The standard InChI is InChI=1S/C11H22O7S.Na/c1-7-5-8(6-18-3-4-19(14,15)16)11(17-2)10(13)9(7)12;/h7-13H,3-6H2,1-2H3,(H,14,15,16);/q;+1/p-1/t7-,8?,9?,10-,11+;/m0./s1. The SMILES string of the molecule is CO[C@@H]1C(COCCS(=O)(=O)[O-])C[C@H](C)C(O)[C@@H]1O.[Na+]. The predicted molar refractivity (Wildman–Crippen MR) is 65.5 cm³/mol. The molecule has 0 bridgehead atoms. The van der Waals surface area contributed by atoms with Crippen molar-refractivity contribution in [2.75, 3.05) is 26.1 Å². The minimum atomic E-state index is -4.27. The topological polar surface area (TPSA) is 116 Å². The van der Waals surface area contributed by atoms with Gasteiger partial charge in [0.05, 0.1) is 41.3 Å². The summed E-state index contributed by atoms with van der Waals surface area (Å²) in [5.74, 6) is -0.816. The van der Waals surface area contributed by atoms with Crippen LogP contribution in [0.15, 0.2) is 0 Å². The van der Waals surface area contributed by atoms with Gasteiger partial charge in [-0.25, -0.2) is 8.42 Å². The Bertz CT molecular complexity index is 375. The molecule has 0 aromatic heterocycles. The van der Waals surface area contributed by atoms with Gasteiger partial charge in [0.15, 0.2) is 0 Å². The van der Waals surface area contributed by atoms with Crippen LogP contribution in [0, 0.1) is 11.8 Å². The molecule has 114 valence electrons. The van der Waals surface area contributed by atoms with Gasteiger partial charge in [0, 0.05) is 13.0 Å².